The number of thioether (sulfide) groups is 1. The van der Waals surface area contributed by atoms with E-state index in [-0.39, 0.29) is 24.0 Å². The smallest absolute Gasteiger partial charge is 0.217 e. The minimum absolute atomic E-state index is 0.0587. The number of benzene rings is 2. The Bertz CT molecular complexity index is 987. The van der Waals surface area contributed by atoms with Crippen molar-refractivity contribution in [2.45, 2.75) is 50.9 Å². The SMILES string of the molecule is NC(=O)CCC/C=C\C[C@H]1[C@@H](OCc2ccc(-c3ccccc3)cc2)CC(=O)[C@@H]1N1CCSCC1. The van der Waals surface area contributed by atoms with Crippen molar-refractivity contribution in [3.05, 3.63) is 72.3 Å². The molecule has 0 radical (unpaired) electrons. The Morgan fingerprint density at radius 1 is 1.03 bits per heavy atom. The van der Waals surface area contributed by atoms with E-state index in [0.717, 1.165) is 49.4 Å². The van der Waals surface area contributed by atoms with Crippen LogP contribution in [0.4, 0.5) is 0 Å². The molecule has 0 bridgehead atoms. The van der Waals surface area contributed by atoms with Crippen molar-refractivity contribution >= 4 is 23.5 Å². The van der Waals surface area contributed by atoms with E-state index in [4.69, 9.17) is 10.5 Å². The van der Waals surface area contributed by atoms with Gasteiger partial charge in [0.2, 0.25) is 5.91 Å². The highest BCUT2D eigenvalue weighted by Crippen LogP contribution is 2.35. The van der Waals surface area contributed by atoms with Gasteiger partial charge in [0.1, 0.15) is 0 Å². The van der Waals surface area contributed by atoms with Crippen molar-refractivity contribution in [2.75, 3.05) is 24.6 Å². The molecule has 2 aromatic carbocycles. The van der Waals surface area contributed by atoms with E-state index in [9.17, 15) is 9.59 Å². The average Bonchev–Trinajstić information content (AvgIpc) is 3.20. The molecular weight excluding hydrogens is 456 g/mol. The fraction of sp³-hybridized carbons (Fsp3) is 0.448. The van der Waals surface area contributed by atoms with Crippen LogP contribution in [-0.2, 0) is 20.9 Å². The summed E-state index contributed by atoms with van der Waals surface area (Å²) in [5.41, 5.74) is 8.75. The van der Waals surface area contributed by atoms with Crippen molar-refractivity contribution < 1.29 is 14.3 Å². The maximum atomic E-state index is 13.1. The second-order valence-electron chi connectivity index (χ2n) is 9.41. The summed E-state index contributed by atoms with van der Waals surface area (Å²) >= 11 is 1.96. The van der Waals surface area contributed by atoms with Gasteiger partial charge < -0.3 is 10.5 Å². The first-order chi connectivity index (χ1) is 17.1. The van der Waals surface area contributed by atoms with Gasteiger partial charge in [-0.2, -0.15) is 11.8 Å². The summed E-state index contributed by atoms with van der Waals surface area (Å²) in [4.78, 5) is 26.4. The molecule has 4 rings (SSSR count). The lowest BCUT2D eigenvalue weighted by Crippen LogP contribution is -2.47. The van der Waals surface area contributed by atoms with Gasteiger partial charge in [-0.05, 0) is 36.0 Å². The van der Waals surface area contributed by atoms with Crippen LogP contribution >= 0.6 is 11.8 Å². The van der Waals surface area contributed by atoms with E-state index < -0.39 is 0 Å². The minimum atomic E-state index is -0.256. The van der Waals surface area contributed by atoms with E-state index in [0.29, 0.717) is 25.2 Å². The normalized spacial score (nSPS) is 23.2. The first-order valence-corrected chi connectivity index (χ1v) is 13.8. The van der Waals surface area contributed by atoms with Crippen LogP contribution in [0.15, 0.2) is 66.7 Å². The predicted octanol–water partition coefficient (Wildman–Crippen LogP) is 4.85. The van der Waals surface area contributed by atoms with Crippen LogP contribution in [0.3, 0.4) is 0 Å². The molecule has 0 spiro atoms. The van der Waals surface area contributed by atoms with Gasteiger partial charge in [0.15, 0.2) is 5.78 Å². The van der Waals surface area contributed by atoms with Gasteiger partial charge in [-0.15, -0.1) is 0 Å². The standard InChI is InChI=1S/C29H36N2O3S/c30-28(33)11-7-2-1-6-10-25-27(20-26(32)29(25)31-16-18-35-19-17-31)34-21-22-12-14-24(15-13-22)23-8-4-3-5-9-23/h1,3-6,8-9,12-15,25,27,29H,2,7,10-11,16-21H2,(H2,30,33)/b6-1-/t25-,27-,29+/m0/s1. The molecule has 2 aromatic rings. The van der Waals surface area contributed by atoms with Gasteiger partial charge in [0.05, 0.1) is 18.8 Å². The molecule has 186 valence electrons. The molecule has 2 aliphatic rings. The first-order valence-electron chi connectivity index (χ1n) is 12.7. The van der Waals surface area contributed by atoms with Crippen molar-refractivity contribution in [3.8, 4) is 11.1 Å². The zero-order chi connectivity index (χ0) is 24.5. The lowest BCUT2D eigenvalue weighted by atomic mass is 9.95. The van der Waals surface area contributed by atoms with Gasteiger partial charge in [-0.3, -0.25) is 14.5 Å². The number of nitrogens with zero attached hydrogens (tertiary/aromatic N) is 1. The lowest BCUT2D eigenvalue weighted by molar-refractivity contribution is -0.122. The third-order valence-corrected chi connectivity index (χ3v) is 7.89. The van der Waals surface area contributed by atoms with E-state index in [1.165, 1.54) is 11.1 Å². The summed E-state index contributed by atoms with van der Waals surface area (Å²) in [6.07, 6.45) is 7.51. The Morgan fingerprint density at radius 2 is 1.74 bits per heavy atom. The summed E-state index contributed by atoms with van der Waals surface area (Å²) < 4.78 is 6.40. The fourth-order valence-corrected chi connectivity index (χ4v) is 6.03. The summed E-state index contributed by atoms with van der Waals surface area (Å²) in [6, 6.07) is 18.8. The van der Waals surface area contributed by atoms with Gasteiger partial charge in [-0.25, -0.2) is 0 Å². The molecule has 1 amide bonds. The molecule has 6 heteroatoms. The number of ketones is 1. The van der Waals surface area contributed by atoms with Crippen LogP contribution < -0.4 is 5.73 Å². The number of amides is 1. The Morgan fingerprint density at radius 3 is 2.46 bits per heavy atom. The highest BCUT2D eigenvalue weighted by Gasteiger charge is 2.45. The topological polar surface area (TPSA) is 72.6 Å². The molecule has 0 aromatic heterocycles. The van der Waals surface area contributed by atoms with E-state index in [1.54, 1.807) is 0 Å². The van der Waals surface area contributed by atoms with Crippen molar-refractivity contribution in [1.82, 2.24) is 4.90 Å². The second-order valence-corrected chi connectivity index (χ2v) is 10.6. The molecule has 0 unspecified atom stereocenters. The molecule has 1 saturated carbocycles. The average molecular weight is 493 g/mol. The number of Topliss-reactive ketones (excluding diaryl/α,β-unsaturated/α-hetero) is 1. The largest absolute Gasteiger partial charge is 0.373 e. The second kappa shape index (κ2) is 13.1. The third kappa shape index (κ3) is 7.29. The van der Waals surface area contributed by atoms with Crippen LogP contribution in [0.2, 0.25) is 0 Å². The van der Waals surface area contributed by atoms with Gasteiger partial charge in [-0.1, -0.05) is 66.7 Å². The molecule has 1 heterocycles. The maximum Gasteiger partial charge on any atom is 0.217 e. The number of ether oxygens (including phenoxy) is 1. The van der Waals surface area contributed by atoms with Gasteiger partial charge >= 0.3 is 0 Å². The third-order valence-electron chi connectivity index (χ3n) is 6.95. The molecule has 1 aliphatic heterocycles. The number of carbonyl (C=O) groups excluding carboxylic acids is 2. The van der Waals surface area contributed by atoms with E-state index in [1.807, 2.05) is 30.0 Å². The monoisotopic (exact) mass is 492 g/mol. The molecular formula is C29H36N2O3S. The maximum absolute atomic E-state index is 13.1. The number of hydrogen-bond donors (Lipinski definition) is 1. The van der Waals surface area contributed by atoms with Crippen LogP contribution in [0.5, 0.6) is 0 Å². The molecule has 1 aliphatic carbocycles. The van der Waals surface area contributed by atoms with Crippen LogP contribution in [0.25, 0.3) is 11.1 Å². The number of rotatable bonds is 11. The highest BCUT2D eigenvalue weighted by atomic mass is 32.2. The van der Waals surface area contributed by atoms with Gasteiger partial charge in [0, 0.05) is 43.4 Å². The molecule has 1 saturated heterocycles. The molecule has 2 N–H and O–H groups in total. The van der Waals surface area contributed by atoms with Crippen LogP contribution in [0.1, 0.15) is 37.7 Å². The molecule has 35 heavy (non-hydrogen) atoms. The Kier molecular flexibility index (Phi) is 9.57. The Labute approximate surface area is 213 Å². The zero-order valence-corrected chi connectivity index (χ0v) is 21.1. The number of carbonyl (C=O) groups is 2. The minimum Gasteiger partial charge on any atom is -0.373 e. The van der Waals surface area contributed by atoms with Crippen molar-refractivity contribution in [2.24, 2.45) is 11.7 Å². The number of unbranched alkanes of at least 4 members (excludes halogenated alkanes) is 1. The molecule has 2 fully saturated rings. The fourth-order valence-electron chi connectivity index (χ4n) is 5.10. The van der Waals surface area contributed by atoms with Crippen LogP contribution in [-0.4, -0.2) is 53.3 Å². The Balaban J connectivity index is 1.38. The Hall–Kier alpha value is -2.41. The lowest BCUT2D eigenvalue weighted by Gasteiger charge is -2.35. The number of nitrogens with two attached hydrogens (primary N) is 1. The van der Waals surface area contributed by atoms with Crippen molar-refractivity contribution in [3.63, 3.8) is 0 Å². The zero-order valence-electron chi connectivity index (χ0n) is 20.3. The first kappa shape index (κ1) is 25.7. The number of hydrogen-bond acceptors (Lipinski definition) is 5. The number of primary amides is 1. The van der Waals surface area contributed by atoms with Gasteiger partial charge in [0.25, 0.3) is 0 Å². The number of allylic oxidation sites excluding steroid dienone is 2. The molecule has 3 atom stereocenters. The highest BCUT2D eigenvalue weighted by molar-refractivity contribution is 7.99. The quantitative estimate of drug-likeness (QED) is 0.359. The predicted molar refractivity (Wildman–Crippen MR) is 143 cm³/mol. The summed E-state index contributed by atoms with van der Waals surface area (Å²) in [5, 5.41) is 0. The summed E-state index contributed by atoms with van der Waals surface area (Å²) in [6.45, 7) is 2.44. The summed E-state index contributed by atoms with van der Waals surface area (Å²) in [5.74, 6) is 2.38. The van der Waals surface area contributed by atoms with Crippen molar-refractivity contribution in [1.29, 1.82) is 0 Å². The van der Waals surface area contributed by atoms with E-state index >= 15 is 0 Å². The summed E-state index contributed by atoms with van der Waals surface area (Å²) in [7, 11) is 0. The van der Waals surface area contributed by atoms with E-state index in [2.05, 4.69) is 53.5 Å². The van der Waals surface area contributed by atoms with Crippen LogP contribution in [0, 0.1) is 5.92 Å². The molecule has 5 nitrogen and oxygen atoms in total.